The van der Waals surface area contributed by atoms with E-state index >= 15 is 0 Å². The lowest BCUT2D eigenvalue weighted by Gasteiger charge is -2.14. The van der Waals surface area contributed by atoms with E-state index < -0.39 is 12.1 Å². The van der Waals surface area contributed by atoms with Crippen LogP contribution in [0.25, 0.3) is 0 Å². The maximum absolute atomic E-state index is 11.4. The Kier molecular flexibility index (Phi) is 7.12. The van der Waals surface area contributed by atoms with Crippen molar-refractivity contribution in [2.75, 3.05) is 13.2 Å². The highest BCUT2D eigenvalue weighted by atomic mass is 35.5. The maximum atomic E-state index is 11.4. The molecule has 0 heterocycles. The fourth-order valence-electron chi connectivity index (χ4n) is 1.65. The van der Waals surface area contributed by atoms with Crippen molar-refractivity contribution < 1.29 is 19.4 Å². The van der Waals surface area contributed by atoms with Gasteiger partial charge in [0.1, 0.15) is 5.76 Å². The van der Waals surface area contributed by atoms with Gasteiger partial charge in [-0.05, 0) is 31.5 Å². The molecule has 4 nitrogen and oxygen atoms in total. The molecule has 1 N–H and O–H groups in total. The Morgan fingerprint density at radius 3 is 2.40 bits per heavy atom. The molecule has 0 bridgehead atoms. The Labute approximate surface area is 124 Å². The molecule has 1 aromatic carbocycles. The Morgan fingerprint density at radius 2 is 1.85 bits per heavy atom. The molecule has 20 heavy (non-hydrogen) atoms. The monoisotopic (exact) mass is 298 g/mol. The van der Waals surface area contributed by atoms with Gasteiger partial charge >= 0.3 is 5.97 Å². The molecule has 0 spiro atoms. The van der Waals surface area contributed by atoms with Crippen molar-refractivity contribution in [3.05, 3.63) is 46.7 Å². The number of hydrogen-bond donors (Lipinski definition) is 1. The zero-order chi connectivity index (χ0) is 15.0. The van der Waals surface area contributed by atoms with Crippen molar-refractivity contribution in [1.29, 1.82) is 0 Å². The minimum absolute atomic E-state index is 0.203. The summed E-state index contributed by atoms with van der Waals surface area (Å²) in [5, 5.41) is 10.7. The average molecular weight is 299 g/mol. The zero-order valence-electron chi connectivity index (χ0n) is 11.6. The summed E-state index contributed by atoms with van der Waals surface area (Å²) in [5.41, 5.74) is 0.712. The quantitative estimate of drug-likeness (QED) is 0.477. The Hall–Kier alpha value is -1.52. The molecule has 0 unspecified atom stereocenters. The minimum Gasteiger partial charge on any atom is -0.498 e. The number of rotatable bonds is 7. The predicted molar refractivity (Wildman–Crippen MR) is 77.4 cm³/mol. The van der Waals surface area contributed by atoms with Gasteiger partial charge in [0.25, 0.3) is 0 Å². The van der Waals surface area contributed by atoms with Crippen molar-refractivity contribution in [3.63, 3.8) is 0 Å². The third kappa shape index (κ3) is 5.63. The van der Waals surface area contributed by atoms with Crippen LogP contribution in [0.4, 0.5) is 0 Å². The van der Waals surface area contributed by atoms with Crippen molar-refractivity contribution in [1.82, 2.24) is 0 Å². The van der Waals surface area contributed by atoms with Gasteiger partial charge in [-0.1, -0.05) is 23.7 Å². The first-order valence-corrected chi connectivity index (χ1v) is 6.88. The van der Waals surface area contributed by atoms with Gasteiger partial charge in [-0.25, -0.2) is 4.79 Å². The van der Waals surface area contributed by atoms with Crippen LogP contribution in [0.1, 0.15) is 31.9 Å². The standard InChI is InChI=1S/C15H19ClO4/c1-3-19-13(10-15(18)20-4-2)9-14(17)11-5-7-12(16)8-6-11/h5-8,10,14,17H,3-4,9H2,1-2H3/b13-10-/t14-/m1/s1. The van der Waals surface area contributed by atoms with Crippen LogP contribution in [0.5, 0.6) is 0 Å². The number of hydrogen-bond acceptors (Lipinski definition) is 4. The summed E-state index contributed by atoms with van der Waals surface area (Å²) in [6.07, 6.45) is 0.708. The first-order chi connectivity index (χ1) is 9.56. The normalized spacial score (nSPS) is 12.9. The molecule has 0 radical (unpaired) electrons. The Bertz CT molecular complexity index is 453. The smallest absolute Gasteiger partial charge is 0.334 e. The number of aliphatic hydroxyl groups excluding tert-OH is 1. The lowest BCUT2D eigenvalue weighted by Crippen LogP contribution is -2.06. The van der Waals surface area contributed by atoms with E-state index in [1.807, 2.05) is 6.92 Å². The van der Waals surface area contributed by atoms with Gasteiger partial charge in [-0.2, -0.15) is 0 Å². The fraction of sp³-hybridized carbons (Fsp3) is 0.400. The van der Waals surface area contributed by atoms with E-state index in [-0.39, 0.29) is 6.42 Å². The second kappa shape index (κ2) is 8.61. The lowest BCUT2D eigenvalue weighted by molar-refractivity contribution is -0.137. The molecule has 0 aromatic heterocycles. The molecule has 0 aliphatic heterocycles. The molecule has 1 aromatic rings. The highest BCUT2D eigenvalue weighted by Crippen LogP contribution is 2.23. The third-order valence-electron chi connectivity index (χ3n) is 2.54. The summed E-state index contributed by atoms with van der Waals surface area (Å²) >= 11 is 5.80. The van der Waals surface area contributed by atoms with Gasteiger partial charge in [0.15, 0.2) is 0 Å². The van der Waals surface area contributed by atoms with E-state index in [9.17, 15) is 9.90 Å². The number of ether oxygens (including phenoxy) is 2. The van der Waals surface area contributed by atoms with Crippen LogP contribution in [0.2, 0.25) is 5.02 Å². The van der Waals surface area contributed by atoms with Crippen LogP contribution in [0, 0.1) is 0 Å². The molecule has 0 saturated carbocycles. The van der Waals surface area contributed by atoms with E-state index in [0.29, 0.717) is 29.6 Å². The number of halogens is 1. The molecule has 1 rings (SSSR count). The summed E-state index contributed by atoms with van der Waals surface area (Å²) in [5.74, 6) is -0.0762. The molecule has 0 fully saturated rings. The molecule has 0 aliphatic carbocycles. The highest BCUT2D eigenvalue weighted by molar-refractivity contribution is 6.30. The van der Waals surface area contributed by atoms with Crippen molar-refractivity contribution in [3.8, 4) is 0 Å². The van der Waals surface area contributed by atoms with Crippen molar-refractivity contribution >= 4 is 17.6 Å². The Morgan fingerprint density at radius 1 is 1.25 bits per heavy atom. The van der Waals surface area contributed by atoms with Crippen LogP contribution in [-0.2, 0) is 14.3 Å². The van der Waals surface area contributed by atoms with Crippen molar-refractivity contribution in [2.45, 2.75) is 26.4 Å². The van der Waals surface area contributed by atoms with Crippen LogP contribution >= 0.6 is 11.6 Å². The van der Waals surface area contributed by atoms with Gasteiger partial charge in [-0.3, -0.25) is 0 Å². The largest absolute Gasteiger partial charge is 0.498 e. The first kappa shape index (κ1) is 16.5. The molecular formula is C15H19ClO4. The lowest BCUT2D eigenvalue weighted by atomic mass is 10.1. The number of carbonyl (C=O) groups is 1. The molecule has 0 aliphatic rings. The van der Waals surface area contributed by atoms with E-state index in [2.05, 4.69) is 0 Å². The minimum atomic E-state index is -0.764. The van der Waals surface area contributed by atoms with Crippen LogP contribution in [0.3, 0.4) is 0 Å². The van der Waals surface area contributed by atoms with Crippen molar-refractivity contribution in [2.24, 2.45) is 0 Å². The third-order valence-corrected chi connectivity index (χ3v) is 2.80. The average Bonchev–Trinajstić information content (AvgIpc) is 2.39. The fourth-order valence-corrected chi connectivity index (χ4v) is 1.78. The van der Waals surface area contributed by atoms with Gasteiger partial charge in [0.2, 0.25) is 0 Å². The van der Waals surface area contributed by atoms with Gasteiger partial charge in [0, 0.05) is 11.4 Å². The van der Waals surface area contributed by atoms with Gasteiger partial charge in [0.05, 0.1) is 25.4 Å². The van der Waals surface area contributed by atoms with E-state index in [0.717, 1.165) is 0 Å². The summed E-state index contributed by atoms with van der Waals surface area (Å²) in [7, 11) is 0. The second-order valence-corrected chi connectivity index (χ2v) is 4.50. The SMILES string of the molecule is CCOC(=O)/C=C(/C[C@@H](O)c1ccc(Cl)cc1)OCC. The number of carbonyl (C=O) groups excluding carboxylic acids is 1. The molecular weight excluding hydrogens is 280 g/mol. The summed E-state index contributed by atoms with van der Waals surface area (Å²) < 4.78 is 10.2. The summed E-state index contributed by atoms with van der Waals surface area (Å²) in [4.78, 5) is 11.4. The number of esters is 1. The second-order valence-electron chi connectivity index (χ2n) is 4.07. The zero-order valence-corrected chi connectivity index (χ0v) is 12.4. The van der Waals surface area contributed by atoms with Gasteiger partial charge in [-0.15, -0.1) is 0 Å². The van der Waals surface area contributed by atoms with E-state index in [1.165, 1.54) is 6.08 Å². The highest BCUT2D eigenvalue weighted by Gasteiger charge is 2.13. The van der Waals surface area contributed by atoms with E-state index in [1.54, 1.807) is 31.2 Å². The predicted octanol–water partition coefficient (Wildman–Crippen LogP) is 3.25. The first-order valence-electron chi connectivity index (χ1n) is 6.50. The molecule has 5 heteroatoms. The van der Waals surface area contributed by atoms with Crippen LogP contribution < -0.4 is 0 Å². The van der Waals surface area contributed by atoms with Crippen LogP contribution in [0.15, 0.2) is 36.1 Å². The number of aliphatic hydroxyl groups is 1. The topological polar surface area (TPSA) is 55.8 Å². The van der Waals surface area contributed by atoms with Crippen LogP contribution in [-0.4, -0.2) is 24.3 Å². The summed E-state index contributed by atoms with van der Waals surface area (Å²) in [6.45, 7) is 4.26. The summed E-state index contributed by atoms with van der Waals surface area (Å²) in [6, 6.07) is 6.88. The number of benzene rings is 1. The van der Waals surface area contributed by atoms with E-state index in [4.69, 9.17) is 21.1 Å². The molecule has 110 valence electrons. The molecule has 0 saturated heterocycles. The maximum Gasteiger partial charge on any atom is 0.334 e. The molecule has 0 amide bonds. The Balaban J connectivity index is 2.74. The van der Waals surface area contributed by atoms with Gasteiger partial charge < -0.3 is 14.6 Å². The molecule has 1 atom stereocenters.